The lowest BCUT2D eigenvalue weighted by Gasteiger charge is -2.13. The van der Waals surface area contributed by atoms with Crippen molar-refractivity contribution in [3.63, 3.8) is 0 Å². The summed E-state index contributed by atoms with van der Waals surface area (Å²) in [6, 6.07) is 18.5. The van der Waals surface area contributed by atoms with Gasteiger partial charge in [0.2, 0.25) is 0 Å². The zero-order chi connectivity index (χ0) is 22.4. The van der Waals surface area contributed by atoms with Gasteiger partial charge in [0.15, 0.2) is 0 Å². The fourth-order valence-electron chi connectivity index (χ4n) is 2.91. The Kier molecular flexibility index (Phi) is 7.20. The fraction of sp³-hybridized carbons (Fsp3) is 0.174. The molecule has 0 radical (unpaired) electrons. The van der Waals surface area contributed by atoms with Crippen molar-refractivity contribution in [1.29, 1.82) is 0 Å². The summed E-state index contributed by atoms with van der Waals surface area (Å²) in [5, 5.41) is 2.82. The Labute approximate surface area is 187 Å². The average Bonchev–Trinajstić information content (AvgIpc) is 2.75. The molecule has 8 heteroatoms. The lowest BCUT2D eigenvalue weighted by atomic mass is 10.1. The summed E-state index contributed by atoms with van der Waals surface area (Å²) in [6.45, 7) is 4.54. The molecule has 0 saturated heterocycles. The number of amides is 1. The van der Waals surface area contributed by atoms with E-state index in [4.69, 9.17) is 16.3 Å². The number of hydrogen-bond donors (Lipinski definition) is 2. The summed E-state index contributed by atoms with van der Waals surface area (Å²) in [5.74, 6) is 0.265. The van der Waals surface area contributed by atoms with E-state index < -0.39 is 15.9 Å². The zero-order valence-corrected chi connectivity index (χ0v) is 18.8. The smallest absolute Gasteiger partial charge is 0.263 e. The summed E-state index contributed by atoms with van der Waals surface area (Å²) < 4.78 is 33.7. The van der Waals surface area contributed by atoms with Crippen LogP contribution in [0.1, 0.15) is 28.4 Å². The molecule has 3 rings (SSSR count). The molecule has 0 heterocycles. The minimum Gasteiger partial charge on any atom is -0.494 e. The highest BCUT2D eigenvalue weighted by atomic mass is 35.5. The summed E-state index contributed by atoms with van der Waals surface area (Å²) in [4.78, 5) is 12.5. The van der Waals surface area contributed by atoms with Crippen LogP contribution < -0.4 is 14.8 Å². The second-order valence-corrected chi connectivity index (χ2v) is 8.90. The van der Waals surface area contributed by atoms with Gasteiger partial charge in [0.1, 0.15) is 10.6 Å². The number of hydrogen-bond acceptors (Lipinski definition) is 4. The van der Waals surface area contributed by atoms with Crippen LogP contribution in [0.3, 0.4) is 0 Å². The van der Waals surface area contributed by atoms with Crippen LogP contribution in [-0.2, 0) is 16.6 Å². The van der Waals surface area contributed by atoms with Gasteiger partial charge in [-0.15, -0.1) is 0 Å². The second-order valence-electron chi connectivity index (χ2n) is 6.84. The van der Waals surface area contributed by atoms with Crippen molar-refractivity contribution in [3.8, 4) is 5.75 Å². The van der Waals surface area contributed by atoms with Crippen LogP contribution in [0.5, 0.6) is 5.75 Å². The van der Waals surface area contributed by atoms with Crippen LogP contribution in [0.4, 0.5) is 5.69 Å². The maximum atomic E-state index is 12.8. The van der Waals surface area contributed by atoms with E-state index in [0.717, 1.165) is 11.1 Å². The van der Waals surface area contributed by atoms with Crippen molar-refractivity contribution in [2.45, 2.75) is 25.3 Å². The molecule has 0 spiro atoms. The fourth-order valence-corrected chi connectivity index (χ4v) is 4.49. The Hall–Kier alpha value is -3.03. The van der Waals surface area contributed by atoms with Gasteiger partial charge in [0, 0.05) is 23.4 Å². The van der Waals surface area contributed by atoms with E-state index in [9.17, 15) is 13.2 Å². The number of rotatable bonds is 8. The predicted molar refractivity (Wildman–Crippen MR) is 122 cm³/mol. The molecule has 0 atom stereocenters. The molecular weight excluding hydrogens is 436 g/mol. The first-order valence-electron chi connectivity index (χ1n) is 9.68. The molecular formula is C23H23ClN2O4S. The number of halogens is 1. The van der Waals surface area contributed by atoms with Crippen molar-refractivity contribution in [2.24, 2.45) is 0 Å². The molecule has 3 aromatic rings. The monoisotopic (exact) mass is 458 g/mol. The van der Waals surface area contributed by atoms with Crippen molar-refractivity contribution in [3.05, 3.63) is 88.4 Å². The van der Waals surface area contributed by atoms with E-state index in [1.807, 2.05) is 38.1 Å². The molecule has 0 fully saturated rings. The van der Waals surface area contributed by atoms with E-state index in [0.29, 0.717) is 18.0 Å². The van der Waals surface area contributed by atoms with Gasteiger partial charge in [0.05, 0.1) is 11.6 Å². The number of sulfonamides is 1. The Morgan fingerprint density at radius 3 is 2.45 bits per heavy atom. The summed E-state index contributed by atoms with van der Waals surface area (Å²) in [6.07, 6.45) is 0. The van der Waals surface area contributed by atoms with Gasteiger partial charge in [-0.05, 0) is 50.2 Å². The zero-order valence-electron chi connectivity index (χ0n) is 17.2. The molecule has 0 aromatic heterocycles. The van der Waals surface area contributed by atoms with Gasteiger partial charge < -0.3 is 10.1 Å². The number of carbonyl (C=O) groups excluding carboxylic acids is 1. The second kappa shape index (κ2) is 9.85. The van der Waals surface area contributed by atoms with E-state index in [2.05, 4.69) is 10.0 Å². The number of aryl methyl sites for hydroxylation is 1. The molecule has 6 nitrogen and oxygen atoms in total. The van der Waals surface area contributed by atoms with Gasteiger partial charge in [-0.3, -0.25) is 9.52 Å². The highest BCUT2D eigenvalue weighted by Gasteiger charge is 2.20. The molecule has 1 amide bonds. The molecule has 162 valence electrons. The van der Waals surface area contributed by atoms with Gasteiger partial charge >= 0.3 is 0 Å². The largest absolute Gasteiger partial charge is 0.494 e. The van der Waals surface area contributed by atoms with Gasteiger partial charge in [-0.25, -0.2) is 8.42 Å². The number of nitrogens with one attached hydrogen (secondary N) is 2. The SMILES string of the molecule is CCOc1ccccc1CNC(=O)c1ccc(Cl)c(S(=O)(=O)Nc2ccc(C)cc2)c1. The van der Waals surface area contributed by atoms with Crippen LogP contribution in [0, 0.1) is 6.92 Å². The highest BCUT2D eigenvalue weighted by Crippen LogP contribution is 2.25. The quantitative estimate of drug-likeness (QED) is 0.508. The van der Waals surface area contributed by atoms with Gasteiger partial charge in [0.25, 0.3) is 15.9 Å². The van der Waals surface area contributed by atoms with E-state index in [1.54, 1.807) is 24.3 Å². The van der Waals surface area contributed by atoms with Crippen LogP contribution in [-0.4, -0.2) is 20.9 Å². The van der Waals surface area contributed by atoms with Crippen molar-refractivity contribution in [1.82, 2.24) is 5.32 Å². The van der Waals surface area contributed by atoms with Crippen molar-refractivity contribution < 1.29 is 17.9 Å². The van der Waals surface area contributed by atoms with Gasteiger partial charge in [-0.2, -0.15) is 0 Å². The molecule has 0 aliphatic carbocycles. The minimum atomic E-state index is -3.98. The number of benzene rings is 3. The molecule has 0 aliphatic heterocycles. The first-order valence-corrected chi connectivity index (χ1v) is 11.5. The molecule has 0 saturated carbocycles. The first-order chi connectivity index (χ1) is 14.8. The van der Waals surface area contributed by atoms with E-state index in [-0.39, 0.29) is 22.0 Å². The Bertz CT molecular complexity index is 1180. The topological polar surface area (TPSA) is 84.5 Å². The minimum absolute atomic E-state index is 0.0258. The van der Waals surface area contributed by atoms with Crippen LogP contribution in [0.15, 0.2) is 71.6 Å². The van der Waals surface area contributed by atoms with Crippen molar-refractivity contribution in [2.75, 3.05) is 11.3 Å². The highest BCUT2D eigenvalue weighted by molar-refractivity contribution is 7.92. The predicted octanol–water partition coefficient (Wildman–Crippen LogP) is 4.78. The number of para-hydroxylation sites is 1. The molecule has 0 unspecified atom stereocenters. The van der Waals surface area contributed by atoms with E-state index >= 15 is 0 Å². The third-order valence-corrected chi connectivity index (χ3v) is 6.36. The van der Waals surface area contributed by atoms with Crippen molar-refractivity contribution >= 4 is 33.2 Å². The number of carbonyl (C=O) groups is 1. The van der Waals surface area contributed by atoms with Gasteiger partial charge in [-0.1, -0.05) is 47.5 Å². The molecule has 31 heavy (non-hydrogen) atoms. The third-order valence-electron chi connectivity index (χ3n) is 4.50. The number of ether oxygens (including phenoxy) is 1. The molecule has 3 aromatic carbocycles. The standard InChI is InChI=1S/C23H23ClN2O4S/c1-3-30-21-7-5-4-6-18(21)15-25-23(27)17-10-13-20(24)22(14-17)31(28,29)26-19-11-8-16(2)9-12-19/h4-14,26H,3,15H2,1-2H3,(H,25,27). The maximum Gasteiger partial charge on any atom is 0.263 e. The first kappa shape index (κ1) is 22.7. The third kappa shape index (κ3) is 5.77. The molecule has 0 bridgehead atoms. The molecule has 2 N–H and O–H groups in total. The van der Waals surface area contributed by atoms with Crippen LogP contribution in [0.2, 0.25) is 5.02 Å². The Morgan fingerprint density at radius 1 is 1.03 bits per heavy atom. The molecule has 0 aliphatic rings. The summed E-state index contributed by atoms with van der Waals surface area (Å²) in [7, 11) is -3.98. The summed E-state index contributed by atoms with van der Waals surface area (Å²) in [5.41, 5.74) is 2.41. The lowest BCUT2D eigenvalue weighted by molar-refractivity contribution is 0.0950. The van der Waals surface area contributed by atoms with Crippen LogP contribution >= 0.6 is 11.6 Å². The van der Waals surface area contributed by atoms with E-state index in [1.165, 1.54) is 18.2 Å². The lowest BCUT2D eigenvalue weighted by Crippen LogP contribution is -2.24. The number of anilines is 1. The Morgan fingerprint density at radius 2 is 1.74 bits per heavy atom. The summed E-state index contributed by atoms with van der Waals surface area (Å²) >= 11 is 6.14. The average molecular weight is 459 g/mol. The maximum absolute atomic E-state index is 12.8. The Balaban J connectivity index is 1.78. The van der Waals surface area contributed by atoms with Crippen LogP contribution in [0.25, 0.3) is 0 Å². The normalized spacial score (nSPS) is 11.1.